The summed E-state index contributed by atoms with van der Waals surface area (Å²) in [5.74, 6) is -3.69. The summed E-state index contributed by atoms with van der Waals surface area (Å²) in [6.07, 6.45) is -1.42. The Kier molecular flexibility index (Phi) is 3.76. The van der Waals surface area contributed by atoms with E-state index in [2.05, 4.69) is 0 Å². The van der Waals surface area contributed by atoms with Gasteiger partial charge in [-0.05, 0) is 12.1 Å². The van der Waals surface area contributed by atoms with Gasteiger partial charge in [-0.2, -0.15) is 4.31 Å². The number of hydrogen-bond donors (Lipinski definition) is 2. The number of carbonyl (C=O) groups is 1. The maximum atomic E-state index is 13.6. The molecule has 0 aromatic heterocycles. The Balaban J connectivity index is 2.46. The fourth-order valence-corrected chi connectivity index (χ4v) is 3.76. The Morgan fingerprint density at radius 2 is 2.00 bits per heavy atom. The minimum atomic E-state index is -4.46. The zero-order chi connectivity index (χ0) is 15.1. The first-order chi connectivity index (χ1) is 9.23. The highest BCUT2D eigenvalue weighted by atomic mass is 32.2. The van der Waals surface area contributed by atoms with Gasteiger partial charge in [0.1, 0.15) is 22.6 Å². The molecule has 1 aliphatic rings. The lowest BCUT2D eigenvalue weighted by molar-refractivity contribution is -0.140. The van der Waals surface area contributed by atoms with Crippen LogP contribution in [-0.2, 0) is 14.8 Å². The summed E-state index contributed by atoms with van der Waals surface area (Å²) in [5, 5.41) is 18.4. The SMILES string of the molecule is O=C(O)[C@@H]1CC(O)CN1S(=O)(=O)c1ccc(F)cc1F. The number of carboxylic acids is 1. The molecule has 1 saturated heterocycles. The first kappa shape index (κ1) is 14.8. The van der Waals surface area contributed by atoms with Crippen molar-refractivity contribution in [1.29, 1.82) is 0 Å². The van der Waals surface area contributed by atoms with Crippen LogP contribution in [0, 0.1) is 11.6 Å². The van der Waals surface area contributed by atoms with Crippen LogP contribution in [0.1, 0.15) is 6.42 Å². The number of nitrogens with zero attached hydrogens (tertiary/aromatic N) is 1. The van der Waals surface area contributed by atoms with Crippen molar-refractivity contribution in [2.45, 2.75) is 23.5 Å². The van der Waals surface area contributed by atoms with E-state index in [0.717, 1.165) is 12.1 Å². The van der Waals surface area contributed by atoms with E-state index in [1.165, 1.54) is 0 Å². The molecule has 1 fully saturated rings. The molecule has 0 spiro atoms. The highest BCUT2D eigenvalue weighted by Crippen LogP contribution is 2.28. The predicted molar refractivity (Wildman–Crippen MR) is 62.3 cm³/mol. The summed E-state index contributed by atoms with van der Waals surface area (Å²) in [6, 6.07) is 0.413. The van der Waals surface area contributed by atoms with Crippen molar-refractivity contribution in [3.63, 3.8) is 0 Å². The van der Waals surface area contributed by atoms with Gasteiger partial charge in [0.25, 0.3) is 0 Å². The van der Waals surface area contributed by atoms with Crippen molar-refractivity contribution in [3.8, 4) is 0 Å². The Labute approximate surface area is 113 Å². The topological polar surface area (TPSA) is 94.9 Å². The van der Waals surface area contributed by atoms with Crippen LogP contribution < -0.4 is 0 Å². The first-order valence-corrected chi connectivity index (χ1v) is 7.05. The van der Waals surface area contributed by atoms with Gasteiger partial charge >= 0.3 is 5.97 Å². The van der Waals surface area contributed by atoms with Crippen molar-refractivity contribution in [1.82, 2.24) is 4.31 Å². The van der Waals surface area contributed by atoms with Crippen LogP contribution >= 0.6 is 0 Å². The molecular weight excluding hydrogens is 296 g/mol. The molecule has 1 unspecified atom stereocenters. The smallest absolute Gasteiger partial charge is 0.322 e. The molecule has 6 nitrogen and oxygen atoms in total. The van der Waals surface area contributed by atoms with Crippen LogP contribution in [0.15, 0.2) is 23.1 Å². The summed E-state index contributed by atoms with van der Waals surface area (Å²) in [7, 11) is -4.46. The molecule has 1 aromatic carbocycles. The lowest BCUT2D eigenvalue weighted by Crippen LogP contribution is -2.40. The van der Waals surface area contributed by atoms with Crippen molar-refractivity contribution in [3.05, 3.63) is 29.8 Å². The van der Waals surface area contributed by atoms with E-state index in [1.54, 1.807) is 0 Å². The minimum Gasteiger partial charge on any atom is -0.480 e. The van der Waals surface area contributed by atoms with Crippen molar-refractivity contribution < 1.29 is 32.2 Å². The largest absolute Gasteiger partial charge is 0.480 e. The van der Waals surface area contributed by atoms with Gasteiger partial charge in [-0.15, -0.1) is 0 Å². The Morgan fingerprint density at radius 3 is 2.55 bits per heavy atom. The summed E-state index contributed by atoms with van der Waals surface area (Å²) in [5.41, 5.74) is 0. The van der Waals surface area contributed by atoms with Gasteiger partial charge in [0.15, 0.2) is 0 Å². The van der Waals surface area contributed by atoms with E-state index < -0.39 is 51.2 Å². The van der Waals surface area contributed by atoms with Crippen LogP contribution in [0.2, 0.25) is 0 Å². The highest BCUT2D eigenvalue weighted by Gasteiger charge is 2.44. The number of aliphatic carboxylic acids is 1. The summed E-state index contributed by atoms with van der Waals surface area (Å²) >= 11 is 0. The Morgan fingerprint density at radius 1 is 1.35 bits per heavy atom. The summed E-state index contributed by atoms with van der Waals surface area (Å²) in [4.78, 5) is 10.2. The van der Waals surface area contributed by atoms with Gasteiger partial charge in [0.05, 0.1) is 6.10 Å². The molecule has 0 saturated carbocycles. The van der Waals surface area contributed by atoms with Gasteiger partial charge in [-0.3, -0.25) is 4.79 Å². The van der Waals surface area contributed by atoms with E-state index in [0.29, 0.717) is 10.4 Å². The Bertz CT molecular complexity index is 648. The van der Waals surface area contributed by atoms with Crippen molar-refractivity contribution in [2.24, 2.45) is 0 Å². The van der Waals surface area contributed by atoms with Crippen LogP contribution in [0.25, 0.3) is 0 Å². The second-order valence-corrected chi connectivity index (χ2v) is 6.25. The average molecular weight is 307 g/mol. The fraction of sp³-hybridized carbons (Fsp3) is 0.364. The number of sulfonamides is 1. The molecule has 110 valence electrons. The average Bonchev–Trinajstić information content (AvgIpc) is 2.71. The monoisotopic (exact) mass is 307 g/mol. The first-order valence-electron chi connectivity index (χ1n) is 5.61. The van der Waals surface area contributed by atoms with Crippen LogP contribution in [0.4, 0.5) is 8.78 Å². The van der Waals surface area contributed by atoms with Gasteiger partial charge in [-0.25, -0.2) is 17.2 Å². The van der Waals surface area contributed by atoms with E-state index in [4.69, 9.17) is 5.11 Å². The molecule has 1 aromatic rings. The van der Waals surface area contributed by atoms with E-state index >= 15 is 0 Å². The number of aliphatic hydroxyl groups excluding tert-OH is 1. The van der Waals surface area contributed by atoms with Crippen molar-refractivity contribution >= 4 is 16.0 Å². The Hall–Kier alpha value is -1.58. The number of β-amino-alcohol motifs (C(OH)–C–C–N with tert-alkyl or cyclic N) is 1. The number of aliphatic hydroxyl groups is 1. The van der Waals surface area contributed by atoms with Crippen LogP contribution in [0.3, 0.4) is 0 Å². The lowest BCUT2D eigenvalue weighted by Gasteiger charge is -2.20. The molecule has 9 heteroatoms. The number of halogens is 2. The van der Waals surface area contributed by atoms with Crippen LogP contribution in [0.5, 0.6) is 0 Å². The van der Waals surface area contributed by atoms with Crippen molar-refractivity contribution in [2.75, 3.05) is 6.54 Å². The molecule has 0 bridgehead atoms. The minimum absolute atomic E-state index is 0.280. The molecule has 1 aliphatic heterocycles. The van der Waals surface area contributed by atoms with E-state index in [9.17, 15) is 27.1 Å². The maximum absolute atomic E-state index is 13.6. The third kappa shape index (κ3) is 2.51. The summed E-state index contributed by atoms with van der Waals surface area (Å²) in [6.45, 7) is -0.448. The number of hydrogen-bond acceptors (Lipinski definition) is 4. The van der Waals surface area contributed by atoms with Crippen LogP contribution in [-0.4, -0.2) is 47.6 Å². The maximum Gasteiger partial charge on any atom is 0.322 e. The predicted octanol–water partition coefficient (Wildman–Crippen LogP) is 0.173. The normalized spacial score (nSPS) is 23.9. The zero-order valence-electron chi connectivity index (χ0n) is 10.0. The molecule has 2 rings (SSSR count). The number of carboxylic acid groups (broad SMARTS) is 1. The molecular formula is C11H11F2NO5S. The zero-order valence-corrected chi connectivity index (χ0v) is 10.8. The number of benzene rings is 1. The summed E-state index contributed by atoms with van der Waals surface area (Å²) < 4.78 is 51.3. The van der Waals surface area contributed by atoms with Gasteiger partial charge in [0, 0.05) is 19.0 Å². The van der Waals surface area contributed by atoms with Gasteiger partial charge < -0.3 is 10.2 Å². The standard InChI is InChI=1S/C11H11F2NO5S/c12-6-1-2-10(8(13)3-6)20(18,19)14-5-7(15)4-9(14)11(16)17/h1-3,7,9,15H,4-5H2,(H,16,17)/t7?,9-/m0/s1. The second kappa shape index (κ2) is 5.08. The molecule has 2 atom stereocenters. The third-order valence-corrected chi connectivity index (χ3v) is 4.91. The molecule has 20 heavy (non-hydrogen) atoms. The number of rotatable bonds is 3. The lowest BCUT2D eigenvalue weighted by atomic mass is 10.2. The second-order valence-electron chi connectivity index (χ2n) is 4.39. The molecule has 1 heterocycles. The molecule has 0 radical (unpaired) electrons. The third-order valence-electron chi connectivity index (χ3n) is 3.00. The molecule has 2 N–H and O–H groups in total. The van der Waals surface area contributed by atoms with Gasteiger partial charge in [-0.1, -0.05) is 0 Å². The van der Waals surface area contributed by atoms with E-state index in [1.807, 2.05) is 0 Å². The molecule has 0 amide bonds. The van der Waals surface area contributed by atoms with E-state index in [-0.39, 0.29) is 6.42 Å². The van der Waals surface area contributed by atoms with Gasteiger partial charge in [0.2, 0.25) is 10.0 Å². The quantitative estimate of drug-likeness (QED) is 0.830. The molecule has 0 aliphatic carbocycles. The highest BCUT2D eigenvalue weighted by molar-refractivity contribution is 7.89. The fourth-order valence-electron chi connectivity index (χ4n) is 2.09.